The molecule has 0 fully saturated rings. The number of rotatable bonds is 5. The summed E-state index contributed by atoms with van der Waals surface area (Å²) in [5.74, 6) is 0.437. The van der Waals surface area contributed by atoms with E-state index in [4.69, 9.17) is 11.6 Å². The van der Waals surface area contributed by atoms with Crippen LogP contribution in [0.25, 0.3) is 0 Å². The molecule has 4 heteroatoms. The Hall–Kier alpha value is -0.830. The maximum absolute atomic E-state index is 12.4. The molecule has 3 nitrogen and oxygen atoms in total. The van der Waals surface area contributed by atoms with E-state index in [1.165, 1.54) is 0 Å². The van der Waals surface area contributed by atoms with Crippen LogP contribution in [-0.4, -0.2) is 15.6 Å². The molecule has 1 aromatic rings. The Labute approximate surface area is 121 Å². The van der Waals surface area contributed by atoms with Gasteiger partial charge in [-0.1, -0.05) is 39.3 Å². The number of ketones is 1. The van der Waals surface area contributed by atoms with Gasteiger partial charge in [0.2, 0.25) is 0 Å². The molecule has 0 spiro atoms. The number of carbonyl (C=O) groups is 1. The lowest BCUT2D eigenvalue weighted by Crippen LogP contribution is -2.18. The number of aromatic nitrogens is 2. The molecule has 0 aliphatic rings. The zero-order valence-electron chi connectivity index (χ0n) is 12.8. The summed E-state index contributed by atoms with van der Waals surface area (Å²) in [5, 5.41) is 4.64. The monoisotopic (exact) mass is 284 g/mol. The second-order valence-corrected chi connectivity index (χ2v) is 7.28. The van der Waals surface area contributed by atoms with Crippen molar-refractivity contribution in [3.05, 3.63) is 16.9 Å². The van der Waals surface area contributed by atoms with E-state index in [1.54, 1.807) is 10.9 Å². The molecule has 0 saturated carbocycles. The van der Waals surface area contributed by atoms with Gasteiger partial charge in [-0.2, -0.15) is 5.10 Å². The number of halogens is 1. The van der Waals surface area contributed by atoms with Crippen molar-refractivity contribution in [1.82, 2.24) is 9.78 Å². The molecule has 1 atom stereocenters. The molecule has 0 bridgehead atoms. The summed E-state index contributed by atoms with van der Waals surface area (Å²) < 4.78 is 1.72. The lowest BCUT2D eigenvalue weighted by molar-refractivity contribution is 0.0942. The molecule has 1 aromatic heterocycles. The number of carbonyl (C=O) groups excluding carboxylic acids is 1. The highest BCUT2D eigenvalue weighted by Crippen LogP contribution is 2.28. The van der Waals surface area contributed by atoms with Crippen molar-refractivity contribution in [1.29, 1.82) is 0 Å². The average molecular weight is 285 g/mol. The minimum Gasteiger partial charge on any atom is -0.292 e. The number of hydrogen-bond acceptors (Lipinski definition) is 2. The van der Waals surface area contributed by atoms with E-state index in [-0.39, 0.29) is 17.2 Å². The van der Waals surface area contributed by atoms with Gasteiger partial charge in [0.1, 0.15) is 5.69 Å². The van der Waals surface area contributed by atoms with Crippen LogP contribution in [-0.2, 0) is 0 Å². The highest BCUT2D eigenvalue weighted by Gasteiger charge is 2.23. The van der Waals surface area contributed by atoms with E-state index in [0.29, 0.717) is 23.1 Å². The quantitative estimate of drug-likeness (QED) is 0.731. The first-order valence-electron chi connectivity index (χ1n) is 6.88. The molecule has 0 radical (unpaired) electrons. The zero-order valence-corrected chi connectivity index (χ0v) is 13.6. The molecule has 0 aromatic carbocycles. The minimum absolute atomic E-state index is 0.0907. The predicted octanol–water partition coefficient (Wildman–Crippen LogP) is 4.76. The summed E-state index contributed by atoms with van der Waals surface area (Å²) in [5.41, 5.74) is 0.791. The molecule has 1 rings (SSSR count). The standard InChI is InChI=1S/C15H25ClN2O/c1-10(2)18-14(12(16)9-17-18)13(19)7-11(3)8-15(4,5)6/h9-11H,7-8H2,1-6H3. The van der Waals surface area contributed by atoms with Crippen LogP contribution in [0.2, 0.25) is 5.02 Å². The highest BCUT2D eigenvalue weighted by molar-refractivity contribution is 6.33. The van der Waals surface area contributed by atoms with Gasteiger partial charge in [0.15, 0.2) is 5.78 Å². The molecule has 1 heterocycles. The second kappa shape index (κ2) is 6.08. The maximum atomic E-state index is 12.4. The maximum Gasteiger partial charge on any atom is 0.182 e. The molecule has 0 aliphatic carbocycles. The summed E-state index contributed by atoms with van der Waals surface area (Å²) >= 11 is 6.10. The van der Waals surface area contributed by atoms with Crippen LogP contribution in [0.4, 0.5) is 0 Å². The lowest BCUT2D eigenvalue weighted by atomic mass is 9.83. The van der Waals surface area contributed by atoms with Crippen LogP contribution < -0.4 is 0 Å². The smallest absolute Gasteiger partial charge is 0.182 e. The summed E-state index contributed by atoms with van der Waals surface area (Å²) in [6.45, 7) is 12.7. The first kappa shape index (κ1) is 16.2. The van der Waals surface area contributed by atoms with Crippen LogP contribution in [0.15, 0.2) is 6.20 Å². The van der Waals surface area contributed by atoms with Crippen LogP contribution in [0.5, 0.6) is 0 Å². The third-order valence-electron chi connectivity index (χ3n) is 3.00. The molecule has 0 N–H and O–H groups in total. The van der Waals surface area contributed by atoms with Crippen molar-refractivity contribution in [3.8, 4) is 0 Å². The first-order valence-corrected chi connectivity index (χ1v) is 7.26. The largest absolute Gasteiger partial charge is 0.292 e. The molecular weight excluding hydrogens is 260 g/mol. The van der Waals surface area contributed by atoms with E-state index in [0.717, 1.165) is 6.42 Å². The fourth-order valence-corrected chi connectivity index (χ4v) is 2.76. The number of hydrogen-bond donors (Lipinski definition) is 0. The van der Waals surface area contributed by atoms with Crippen molar-refractivity contribution in [2.75, 3.05) is 0 Å². The van der Waals surface area contributed by atoms with E-state index in [1.807, 2.05) is 13.8 Å². The number of nitrogens with zero attached hydrogens (tertiary/aromatic N) is 2. The summed E-state index contributed by atoms with van der Waals surface area (Å²) in [7, 11) is 0. The van der Waals surface area contributed by atoms with Gasteiger partial charge in [0.05, 0.1) is 11.2 Å². The Morgan fingerprint density at radius 1 is 1.37 bits per heavy atom. The van der Waals surface area contributed by atoms with Crippen molar-refractivity contribution in [3.63, 3.8) is 0 Å². The Morgan fingerprint density at radius 3 is 2.42 bits per heavy atom. The Kier molecular flexibility index (Phi) is 5.19. The van der Waals surface area contributed by atoms with Gasteiger partial charge in [0.25, 0.3) is 0 Å². The SMILES string of the molecule is CC(CC(=O)c1c(Cl)cnn1C(C)C)CC(C)(C)C. The first-order chi connectivity index (χ1) is 8.61. The summed E-state index contributed by atoms with van der Waals surface area (Å²) in [6.07, 6.45) is 3.10. The number of Topliss-reactive ketones (excluding diaryl/α,β-unsaturated/α-hetero) is 1. The van der Waals surface area contributed by atoms with Crippen LogP contribution in [0, 0.1) is 11.3 Å². The van der Waals surface area contributed by atoms with Gasteiger partial charge in [-0.3, -0.25) is 9.48 Å². The molecule has 1 unspecified atom stereocenters. The molecular formula is C15H25ClN2O. The topological polar surface area (TPSA) is 34.9 Å². The molecule has 0 saturated heterocycles. The second-order valence-electron chi connectivity index (χ2n) is 6.88. The Morgan fingerprint density at radius 2 is 1.95 bits per heavy atom. The summed E-state index contributed by atoms with van der Waals surface area (Å²) in [4.78, 5) is 12.4. The van der Waals surface area contributed by atoms with Gasteiger partial charge in [-0.15, -0.1) is 0 Å². The van der Waals surface area contributed by atoms with Crippen molar-refractivity contribution >= 4 is 17.4 Å². The summed E-state index contributed by atoms with van der Waals surface area (Å²) in [6, 6.07) is 0.143. The lowest BCUT2D eigenvalue weighted by Gasteiger charge is -2.23. The van der Waals surface area contributed by atoms with Gasteiger partial charge in [-0.25, -0.2) is 0 Å². The van der Waals surface area contributed by atoms with Gasteiger partial charge >= 0.3 is 0 Å². The van der Waals surface area contributed by atoms with Crippen molar-refractivity contribution in [2.24, 2.45) is 11.3 Å². The molecule has 108 valence electrons. The minimum atomic E-state index is 0.0907. The van der Waals surface area contributed by atoms with E-state index >= 15 is 0 Å². The van der Waals surface area contributed by atoms with E-state index in [9.17, 15) is 4.79 Å². The van der Waals surface area contributed by atoms with Crippen LogP contribution in [0.3, 0.4) is 0 Å². The van der Waals surface area contributed by atoms with Crippen LogP contribution in [0.1, 0.15) is 70.9 Å². The predicted molar refractivity (Wildman–Crippen MR) is 79.8 cm³/mol. The highest BCUT2D eigenvalue weighted by atomic mass is 35.5. The fourth-order valence-electron chi connectivity index (χ4n) is 2.52. The van der Waals surface area contributed by atoms with Crippen LogP contribution >= 0.6 is 11.6 Å². The molecule has 0 amide bonds. The van der Waals surface area contributed by atoms with Crippen molar-refractivity contribution < 1.29 is 4.79 Å². The fraction of sp³-hybridized carbons (Fsp3) is 0.733. The zero-order chi connectivity index (χ0) is 14.8. The third-order valence-corrected chi connectivity index (χ3v) is 3.28. The third kappa shape index (κ3) is 4.64. The molecule has 19 heavy (non-hydrogen) atoms. The average Bonchev–Trinajstić information content (AvgIpc) is 2.56. The van der Waals surface area contributed by atoms with E-state index < -0.39 is 0 Å². The van der Waals surface area contributed by atoms with Gasteiger partial charge < -0.3 is 0 Å². The Bertz CT molecular complexity index is 443. The van der Waals surface area contributed by atoms with E-state index in [2.05, 4.69) is 32.8 Å². The van der Waals surface area contributed by atoms with Gasteiger partial charge in [-0.05, 0) is 31.6 Å². The Balaban J connectivity index is 2.81. The van der Waals surface area contributed by atoms with Crippen molar-refractivity contribution in [2.45, 2.75) is 60.4 Å². The van der Waals surface area contributed by atoms with Gasteiger partial charge in [0, 0.05) is 12.5 Å². The molecule has 0 aliphatic heterocycles. The normalized spacial score (nSPS) is 13.9.